The molecule has 0 aliphatic rings. The van der Waals surface area contributed by atoms with E-state index in [1.54, 1.807) is 7.11 Å². The summed E-state index contributed by atoms with van der Waals surface area (Å²) >= 11 is 0. The third-order valence-corrected chi connectivity index (χ3v) is 4.51. The molecule has 0 saturated heterocycles. The van der Waals surface area contributed by atoms with Crippen molar-refractivity contribution in [1.29, 1.82) is 0 Å². The van der Waals surface area contributed by atoms with E-state index in [9.17, 15) is 0 Å². The van der Waals surface area contributed by atoms with E-state index in [2.05, 4.69) is 58.0 Å². The number of methoxy groups -OCH3 is 1. The Kier molecular flexibility index (Phi) is 2.42. The van der Waals surface area contributed by atoms with Crippen molar-refractivity contribution in [2.45, 2.75) is 0 Å². The molecule has 0 bridgehead atoms. The van der Waals surface area contributed by atoms with Crippen LogP contribution in [0.25, 0.3) is 38.1 Å². The molecule has 2 aromatic carbocycles. The van der Waals surface area contributed by atoms with E-state index in [0.717, 1.165) is 22.2 Å². The lowest BCUT2D eigenvalue weighted by Crippen LogP contribution is -1.92. The molecule has 3 nitrogen and oxygen atoms in total. The summed E-state index contributed by atoms with van der Waals surface area (Å²) < 4.78 is 7.67. The first-order valence-electron chi connectivity index (χ1n) is 7.61. The van der Waals surface area contributed by atoms with Crippen LogP contribution < -0.4 is 4.74 Å². The van der Waals surface area contributed by atoms with Gasteiger partial charge in [-0.05, 0) is 30.3 Å². The molecule has 5 rings (SSSR count). The summed E-state index contributed by atoms with van der Waals surface area (Å²) in [7, 11) is 1.70. The Morgan fingerprint density at radius 3 is 2.74 bits per heavy atom. The second kappa shape index (κ2) is 4.46. The van der Waals surface area contributed by atoms with Crippen LogP contribution in [-0.4, -0.2) is 16.5 Å². The predicted molar refractivity (Wildman–Crippen MR) is 94.3 cm³/mol. The molecule has 0 aliphatic heterocycles. The highest BCUT2D eigenvalue weighted by molar-refractivity contribution is 6.18. The number of hydrogen-bond acceptors (Lipinski definition) is 2. The fraction of sp³-hybridized carbons (Fsp3) is 0.0500. The van der Waals surface area contributed by atoms with Gasteiger partial charge >= 0.3 is 0 Å². The van der Waals surface area contributed by atoms with E-state index in [0.29, 0.717) is 0 Å². The van der Waals surface area contributed by atoms with E-state index < -0.39 is 0 Å². The van der Waals surface area contributed by atoms with Crippen LogP contribution in [0.2, 0.25) is 0 Å². The predicted octanol–water partition coefficient (Wildman–Crippen LogP) is 4.80. The Hall–Kier alpha value is -3.07. The van der Waals surface area contributed by atoms with Crippen LogP contribution in [0.1, 0.15) is 0 Å². The van der Waals surface area contributed by atoms with E-state index in [4.69, 9.17) is 4.74 Å². The zero-order valence-corrected chi connectivity index (χ0v) is 12.7. The number of fused-ring (bicyclic) bond motifs is 8. The summed E-state index contributed by atoms with van der Waals surface area (Å²) in [6, 6.07) is 18.8. The lowest BCUT2D eigenvalue weighted by atomic mass is 10.1. The second-order valence-electron chi connectivity index (χ2n) is 5.72. The van der Waals surface area contributed by atoms with Crippen LogP contribution in [0.4, 0.5) is 0 Å². The second-order valence-corrected chi connectivity index (χ2v) is 5.72. The standard InChI is InChI=1S/C20H14N2O/c1-23-14-8-9-16-17(11-14)19-18(7-4-10-21-19)22-12-13-5-2-3-6-15(13)20(16)22/h2-12H,1H3. The van der Waals surface area contributed by atoms with Gasteiger partial charge in [0.15, 0.2) is 0 Å². The third kappa shape index (κ3) is 1.62. The van der Waals surface area contributed by atoms with Crippen molar-refractivity contribution in [3.05, 3.63) is 67.0 Å². The summed E-state index contributed by atoms with van der Waals surface area (Å²) in [6.45, 7) is 0. The van der Waals surface area contributed by atoms with Gasteiger partial charge in [0.05, 0.1) is 23.7 Å². The minimum Gasteiger partial charge on any atom is -0.497 e. The zero-order valence-electron chi connectivity index (χ0n) is 12.7. The molecule has 5 aromatic rings. The summed E-state index contributed by atoms with van der Waals surface area (Å²) in [5, 5.41) is 4.81. The largest absolute Gasteiger partial charge is 0.497 e. The van der Waals surface area contributed by atoms with Crippen molar-refractivity contribution in [3.63, 3.8) is 0 Å². The number of pyridine rings is 2. The number of hydrogen-bond donors (Lipinski definition) is 0. The number of nitrogens with zero attached hydrogens (tertiary/aromatic N) is 2. The highest BCUT2D eigenvalue weighted by Gasteiger charge is 2.13. The molecule has 0 atom stereocenters. The fourth-order valence-corrected chi connectivity index (χ4v) is 3.47. The minimum absolute atomic E-state index is 0.852. The van der Waals surface area contributed by atoms with Crippen LogP contribution in [0.3, 0.4) is 0 Å². The molecule has 0 N–H and O–H groups in total. The van der Waals surface area contributed by atoms with Crippen molar-refractivity contribution in [1.82, 2.24) is 9.38 Å². The lowest BCUT2D eigenvalue weighted by molar-refractivity contribution is 0.415. The number of ether oxygens (including phenoxy) is 1. The molecule has 0 saturated carbocycles. The molecule has 0 fully saturated rings. The van der Waals surface area contributed by atoms with Crippen molar-refractivity contribution >= 4 is 38.1 Å². The van der Waals surface area contributed by atoms with Gasteiger partial charge in [-0.2, -0.15) is 0 Å². The first-order chi connectivity index (χ1) is 11.4. The molecule has 3 heteroatoms. The molecule has 0 aliphatic carbocycles. The molecule has 110 valence electrons. The van der Waals surface area contributed by atoms with Gasteiger partial charge in [-0.3, -0.25) is 4.98 Å². The van der Waals surface area contributed by atoms with E-state index in [-0.39, 0.29) is 0 Å². The first-order valence-corrected chi connectivity index (χ1v) is 7.61. The smallest absolute Gasteiger partial charge is 0.119 e. The normalized spacial score (nSPS) is 11.7. The summed E-state index contributed by atoms with van der Waals surface area (Å²) in [5.74, 6) is 0.852. The molecule has 0 radical (unpaired) electrons. The quantitative estimate of drug-likeness (QED) is 0.415. The van der Waals surface area contributed by atoms with E-state index >= 15 is 0 Å². The summed E-state index contributed by atoms with van der Waals surface area (Å²) in [6.07, 6.45) is 4.04. The van der Waals surface area contributed by atoms with E-state index in [1.807, 2.05) is 18.3 Å². The van der Waals surface area contributed by atoms with Crippen LogP contribution in [0, 0.1) is 0 Å². The number of benzene rings is 2. The number of rotatable bonds is 1. The first kappa shape index (κ1) is 12.5. The maximum absolute atomic E-state index is 5.42. The van der Waals surface area contributed by atoms with Crippen LogP contribution in [0.15, 0.2) is 67.0 Å². The third-order valence-electron chi connectivity index (χ3n) is 4.51. The van der Waals surface area contributed by atoms with Crippen LogP contribution in [0.5, 0.6) is 5.75 Å². The maximum Gasteiger partial charge on any atom is 0.119 e. The van der Waals surface area contributed by atoms with Gasteiger partial charge in [-0.25, -0.2) is 0 Å². The summed E-state index contributed by atoms with van der Waals surface area (Å²) in [5.41, 5.74) is 3.33. The molecule has 3 aromatic heterocycles. The Bertz CT molecular complexity index is 1200. The van der Waals surface area contributed by atoms with Crippen molar-refractivity contribution in [2.24, 2.45) is 0 Å². The molecule has 0 amide bonds. The Balaban J connectivity index is 2.16. The fourth-order valence-electron chi connectivity index (χ4n) is 3.47. The van der Waals surface area contributed by atoms with Gasteiger partial charge in [-0.1, -0.05) is 24.3 Å². The molecular formula is C20H14N2O. The Labute approximate surface area is 132 Å². The number of aromatic nitrogens is 2. The highest BCUT2D eigenvalue weighted by Crippen LogP contribution is 2.35. The monoisotopic (exact) mass is 298 g/mol. The lowest BCUT2D eigenvalue weighted by Gasteiger charge is -2.10. The highest BCUT2D eigenvalue weighted by atomic mass is 16.5. The topological polar surface area (TPSA) is 26.5 Å². The van der Waals surface area contributed by atoms with Gasteiger partial charge in [0.25, 0.3) is 0 Å². The average molecular weight is 298 g/mol. The van der Waals surface area contributed by atoms with Gasteiger partial charge < -0.3 is 9.14 Å². The van der Waals surface area contributed by atoms with Crippen LogP contribution in [-0.2, 0) is 0 Å². The Morgan fingerprint density at radius 1 is 0.913 bits per heavy atom. The summed E-state index contributed by atoms with van der Waals surface area (Å²) in [4.78, 5) is 4.63. The maximum atomic E-state index is 5.42. The molecule has 0 unspecified atom stereocenters. The molecular weight excluding hydrogens is 284 g/mol. The SMILES string of the molecule is COc1ccc2c(c1)c1ncccc1n1cc3ccccc3c21. The van der Waals surface area contributed by atoms with E-state index in [1.165, 1.54) is 21.7 Å². The Morgan fingerprint density at radius 2 is 1.83 bits per heavy atom. The molecule has 3 heterocycles. The molecule has 0 spiro atoms. The van der Waals surface area contributed by atoms with Gasteiger partial charge in [-0.15, -0.1) is 0 Å². The van der Waals surface area contributed by atoms with Gasteiger partial charge in [0.2, 0.25) is 0 Å². The van der Waals surface area contributed by atoms with Crippen LogP contribution >= 0.6 is 0 Å². The van der Waals surface area contributed by atoms with Gasteiger partial charge in [0.1, 0.15) is 5.75 Å². The molecule has 23 heavy (non-hydrogen) atoms. The van der Waals surface area contributed by atoms with Crippen molar-refractivity contribution < 1.29 is 4.74 Å². The average Bonchev–Trinajstić information content (AvgIpc) is 3.01. The van der Waals surface area contributed by atoms with Crippen molar-refractivity contribution in [3.8, 4) is 5.75 Å². The zero-order chi connectivity index (χ0) is 15.4. The van der Waals surface area contributed by atoms with Crippen molar-refractivity contribution in [2.75, 3.05) is 7.11 Å². The van der Waals surface area contributed by atoms with Gasteiger partial charge in [0, 0.05) is 33.9 Å². The minimum atomic E-state index is 0.852.